The van der Waals surface area contributed by atoms with Crippen molar-refractivity contribution in [3.63, 3.8) is 0 Å². The van der Waals surface area contributed by atoms with Gasteiger partial charge in [-0.1, -0.05) is 6.92 Å². The lowest BCUT2D eigenvalue weighted by atomic mass is 9.87. The molecular weight excluding hydrogens is 214 g/mol. The third-order valence-electron chi connectivity index (χ3n) is 3.63. The molecule has 0 radical (unpaired) electrons. The number of nitrogens with two attached hydrogens (primary N) is 1. The van der Waals surface area contributed by atoms with E-state index in [-0.39, 0.29) is 5.91 Å². The zero-order chi connectivity index (χ0) is 13.5. The molecule has 0 saturated carbocycles. The minimum atomic E-state index is -0.413. The molecule has 0 aromatic rings. The van der Waals surface area contributed by atoms with Gasteiger partial charge in [-0.25, -0.2) is 0 Å². The second kappa shape index (κ2) is 7.67. The van der Waals surface area contributed by atoms with Crippen LogP contribution in [0.5, 0.6) is 0 Å². The van der Waals surface area contributed by atoms with Crippen LogP contribution < -0.4 is 11.1 Å². The summed E-state index contributed by atoms with van der Waals surface area (Å²) in [5.74, 6) is 0.0784. The molecule has 0 aromatic carbocycles. The van der Waals surface area contributed by atoms with Crippen LogP contribution in [0.4, 0.5) is 0 Å². The number of hydrogen-bond acceptors (Lipinski definition) is 3. The van der Waals surface area contributed by atoms with E-state index in [4.69, 9.17) is 5.73 Å². The summed E-state index contributed by atoms with van der Waals surface area (Å²) in [4.78, 5) is 14.2. The Labute approximate surface area is 106 Å². The number of rotatable bonds is 8. The molecule has 4 heteroatoms. The molecular formula is C13H29N3O. The number of carbonyl (C=O) groups is 1. The summed E-state index contributed by atoms with van der Waals surface area (Å²) in [5.41, 5.74) is 5.23. The first-order chi connectivity index (χ1) is 7.87. The smallest absolute Gasteiger partial charge is 0.227 e. The molecule has 0 aliphatic carbocycles. The van der Waals surface area contributed by atoms with Crippen molar-refractivity contribution in [2.75, 3.05) is 26.7 Å². The largest absolute Gasteiger partial charge is 0.356 e. The molecule has 3 N–H and O–H groups in total. The number of nitrogens with one attached hydrogen (secondary N) is 1. The van der Waals surface area contributed by atoms with E-state index in [1.807, 2.05) is 13.8 Å². The number of amides is 1. The van der Waals surface area contributed by atoms with Gasteiger partial charge in [-0.3, -0.25) is 4.79 Å². The molecule has 0 aliphatic rings. The van der Waals surface area contributed by atoms with Gasteiger partial charge >= 0.3 is 0 Å². The van der Waals surface area contributed by atoms with E-state index in [9.17, 15) is 4.79 Å². The molecule has 0 aliphatic heterocycles. The van der Waals surface area contributed by atoms with Crippen molar-refractivity contribution in [1.29, 1.82) is 0 Å². The number of nitrogens with zero attached hydrogens (tertiary/aromatic N) is 1. The summed E-state index contributed by atoms with van der Waals surface area (Å²) in [7, 11) is 2.10. The zero-order valence-corrected chi connectivity index (χ0v) is 12.0. The predicted molar refractivity (Wildman–Crippen MR) is 72.8 cm³/mol. The van der Waals surface area contributed by atoms with Crippen molar-refractivity contribution in [2.24, 2.45) is 11.1 Å². The lowest BCUT2D eigenvalue weighted by molar-refractivity contribution is -0.129. The number of carbonyl (C=O) groups excluding carboxylic acids is 1. The summed E-state index contributed by atoms with van der Waals surface area (Å²) in [6.45, 7) is 10.4. The first kappa shape index (κ1) is 16.4. The van der Waals surface area contributed by atoms with Gasteiger partial charge in [-0.05, 0) is 47.2 Å². The fourth-order valence-electron chi connectivity index (χ4n) is 1.40. The molecule has 0 saturated heterocycles. The van der Waals surface area contributed by atoms with E-state index in [2.05, 4.69) is 31.1 Å². The molecule has 1 amide bonds. The van der Waals surface area contributed by atoms with Crippen LogP contribution in [0.15, 0.2) is 0 Å². The molecule has 1 atom stereocenters. The summed E-state index contributed by atoms with van der Waals surface area (Å²) in [5, 5.41) is 2.97. The fraction of sp³-hybridized carbons (Fsp3) is 0.923. The van der Waals surface area contributed by atoms with E-state index in [1.54, 1.807) is 0 Å². The topological polar surface area (TPSA) is 58.4 Å². The monoisotopic (exact) mass is 243 g/mol. The normalized spacial score (nSPS) is 15.1. The molecule has 0 spiro atoms. The van der Waals surface area contributed by atoms with E-state index in [0.717, 1.165) is 25.9 Å². The van der Waals surface area contributed by atoms with Gasteiger partial charge in [-0.2, -0.15) is 0 Å². The third-order valence-corrected chi connectivity index (χ3v) is 3.63. The molecule has 4 nitrogen and oxygen atoms in total. The van der Waals surface area contributed by atoms with Crippen LogP contribution >= 0.6 is 0 Å². The van der Waals surface area contributed by atoms with Crippen molar-refractivity contribution in [3.05, 3.63) is 0 Å². The molecule has 102 valence electrons. The Hall–Kier alpha value is -0.610. The Kier molecular flexibility index (Phi) is 7.39. The highest BCUT2D eigenvalue weighted by Crippen LogP contribution is 2.18. The van der Waals surface area contributed by atoms with Crippen molar-refractivity contribution in [3.8, 4) is 0 Å². The lowest BCUT2D eigenvalue weighted by Crippen LogP contribution is -2.44. The Balaban J connectivity index is 3.86. The minimum Gasteiger partial charge on any atom is -0.356 e. The third kappa shape index (κ3) is 5.50. The van der Waals surface area contributed by atoms with E-state index < -0.39 is 5.41 Å². The summed E-state index contributed by atoms with van der Waals surface area (Å²) in [6, 6.07) is 0.552. The van der Waals surface area contributed by atoms with Crippen LogP contribution in [0, 0.1) is 5.41 Å². The van der Waals surface area contributed by atoms with Gasteiger partial charge in [0, 0.05) is 19.1 Å². The van der Waals surface area contributed by atoms with Gasteiger partial charge in [0.05, 0.1) is 5.41 Å². The maximum Gasteiger partial charge on any atom is 0.227 e. The molecule has 17 heavy (non-hydrogen) atoms. The quantitative estimate of drug-likeness (QED) is 0.630. The Morgan fingerprint density at radius 1 is 1.47 bits per heavy atom. The van der Waals surface area contributed by atoms with Gasteiger partial charge in [-0.15, -0.1) is 0 Å². The predicted octanol–water partition coefficient (Wildman–Crippen LogP) is 1.21. The van der Waals surface area contributed by atoms with Crippen LogP contribution in [0.2, 0.25) is 0 Å². The highest BCUT2D eigenvalue weighted by atomic mass is 16.2. The fourth-order valence-corrected chi connectivity index (χ4v) is 1.40. The van der Waals surface area contributed by atoms with Crippen molar-refractivity contribution < 1.29 is 4.79 Å². The van der Waals surface area contributed by atoms with Crippen molar-refractivity contribution in [1.82, 2.24) is 10.2 Å². The average molecular weight is 243 g/mol. The molecule has 0 aromatic heterocycles. The van der Waals surface area contributed by atoms with Crippen LogP contribution in [0.1, 0.15) is 40.5 Å². The first-order valence-electron chi connectivity index (χ1n) is 6.56. The Morgan fingerprint density at radius 3 is 2.47 bits per heavy atom. The van der Waals surface area contributed by atoms with Gasteiger partial charge in [0.2, 0.25) is 5.91 Å². The van der Waals surface area contributed by atoms with Gasteiger partial charge < -0.3 is 16.0 Å². The Morgan fingerprint density at radius 2 is 2.06 bits per heavy atom. The number of hydrogen-bond donors (Lipinski definition) is 2. The summed E-state index contributed by atoms with van der Waals surface area (Å²) < 4.78 is 0. The van der Waals surface area contributed by atoms with Crippen LogP contribution in [-0.2, 0) is 4.79 Å². The second-order valence-electron chi connectivity index (χ2n) is 5.30. The highest BCUT2D eigenvalue weighted by molar-refractivity contribution is 5.82. The first-order valence-corrected chi connectivity index (χ1v) is 6.56. The summed E-state index contributed by atoms with van der Waals surface area (Å²) >= 11 is 0. The second-order valence-corrected chi connectivity index (χ2v) is 5.30. The van der Waals surface area contributed by atoms with Crippen LogP contribution in [0.3, 0.4) is 0 Å². The highest BCUT2D eigenvalue weighted by Gasteiger charge is 2.28. The average Bonchev–Trinajstić information content (AvgIpc) is 2.32. The molecule has 0 fully saturated rings. The summed E-state index contributed by atoms with van der Waals surface area (Å²) in [6.07, 6.45) is 1.76. The SMILES string of the molecule is CCC(C)(CN)C(=O)NCCCN(C)C(C)C. The van der Waals surface area contributed by atoms with Crippen LogP contribution in [-0.4, -0.2) is 43.5 Å². The maximum atomic E-state index is 11.9. The van der Waals surface area contributed by atoms with Gasteiger partial charge in [0.15, 0.2) is 0 Å². The van der Waals surface area contributed by atoms with E-state index >= 15 is 0 Å². The van der Waals surface area contributed by atoms with Gasteiger partial charge in [0.1, 0.15) is 0 Å². The van der Waals surface area contributed by atoms with Gasteiger partial charge in [0.25, 0.3) is 0 Å². The van der Waals surface area contributed by atoms with Crippen molar-refractivity contribution >= 4 is 5.91 Å². The molecule has 0 heterocycles. The lowest BCUT2D eigenvalue weighted by Gasteiger charge is -2.25. The standard InChI is InChI=1S/C13H29N3O/c1-6-13(4,10-14)12(17)15-8-7-9-16(5)11(2)3/h11H,6-10,14H2,1-5H3,(H,15,17). The minimum absolute atomic E-state index is 0.0784. The molecule has 1 unspecified atom stereocenters. The van der Waals surface area contributed by atoms with E-state index in [0.29, 0.717) is 12.6 Å². The zero-order valence-electron chi connectivity index (χ0n) is 12.0. The van der Waals surface area contributed by atoms with Crippen LogP contribution in [0.25, 0.3) is 0 Å². The van der Waals surface area contributed by atoms with E-state index in [1.165, 1.54) is 0 Å². The maximum absolute atomic E-state index is 11.9. The molecule has 0 bridgehead atoms. The Bertz CT molecular complexity index is 225. The van der Waals surface area contributed by atoms with Crippen molar-refractivity contribution in [2.45, 2.75) is 46.6 Å². The molecule has 0 rings (SSSR count).